The molecule has 1 unspecified atom stereocenters. The first-order chi connectivity index (χ1) is 14.9. The summed E-state index contributed by atoms with van der Waals surface area (Å²) in [6.07, 6.45) is 0. The first-order valence-electron chi connectivity index (χ1n) is 9.69. The molecule has 1 fully saturated rings. The molecule has 0 aromatic heterocycles. The van der Waals surface area contributed by atoms with E-state index in [1.54, 1.807) is 36.4 Å². The van der Waals surface area contributed by atoms with Gasteiger partial charge in [-0.1, -0.05) is 54.1 Å². The van der Waals surface area contributed by atoms with Gasteiger partial charge in [0.05, 0.1) is 24.3 Å². The molecule has 4 rings (SSSR count). The van der Waals surface area contributed by atoms with Gasteiger partial charge in [-0.25, -0.2) is 0 Å². The number of aryl methyl sites for hydroxylation is 1. The summed E-state index contributed by atoms with van der Waals surface area (Å²) < 4.78 is 5.36. The average Bonchev–Trinajstić information content (AvgIpc) is 3.04. The normalized spacial score (nSPS) is 17.8. The number of methoxy groups -OCH3 is 1. The van der Waals surface area contributed by atoms with Crippen molar-refractivity contribution in [3.63, 3.8) is 0 Å². The molecule has 0 spiro atoms. The molecule has 1 saturated heterocycles. The molecular formula is C25H20ClNO4. The van der Waals surface area contributed by atoms with Crippen LogP contribution in [-0.4, -0.2) is 23.9 Å². The summed E-state index contributed by atoms with van der Waals surface area (Å²) in [6.45, 7) is 1.90. The molecule has 3 aromatic carbocycles. The zero-order valence-corrected chi connectivity index (χ0v) is 17.8. The first-order valence-corrected chi connectivity index (χ1v) is 10.1. The predicted molar refractivity (Wildman–Crippen MR) is 120 cm³/mol. The van der Waals surface area contributed by atoms with Gasteiger partial charge < -0.3 is 9.84 Å². The molecule has 1 atom stereocenters. The summed E-state index contributed by atoms with van der Waals surface area (Å²) in [5.41, 5.74) is 2.44. The molecule has 0 radical (unpaired) electrons. The van der Waals surface area contributed by atoms with Crippen LogP contribution in [0.2, 0.25) is 5.02 Å². The highest BCUT2D eigenvalue weighted by Crippen LogP contribution is 2.44. The summed E-state index contributed by atoms with van der Waals surface area (Å²) in [7, 11) is 1.46. The van der Waals surface area contributed by atoms with E-state index in [1.165, 1.54) is 18.1 Å². The van der Waals surface area contributed by atoms with Crippen molar-refractivity contribution >= 4 is 34.7 Å². The molecule has 5 nitrogen and oxygen atoms in total. The van der Waals surface area contributed by atoms with Crippen LogP contribution in [0.1, 0.15) is 22.7 Å². The Morgan fingerprint density at radius 2 is 1.68 bits per heavy atom. The fourth-order valence-corrected chi connectivity index (χ4v) is 4.06. The van der Waals surface area contributed by atoms with E-state index in [-0.39, 0.29) is 16.9 Å². The number of nitrogens with zero attached hydrogens (tertiary/aromatic N) is 1. The van der Waals surface area contributed by atoms with E-state index in [0.717, 1.165) is 11.1 Å². The van der Waals surface area contributed by atoms with Crippen molar-refractivity contribution in [3.8, 4) is 5.75 Å². The number of aliphatic hydroxyl groups is 1. The maximum Gasteiger partial charge on any atom is 0.300 e. The molecule has 0 aliphatic carbocycles. The Morgan fingerprint density at radius 3 is 2.35 bits per heavy atom. The number of carbonyl (C=O) groups is 2. The van der Waals surface area contributed by atoms with Gasteiger partial charge in [-0.15, -0.1) is 0 Å². The van der Waals surface area contributed by atoms with Crippen molar-refractivity contribution in [1.82, 2.24) is 0 Å². The van der Waals surface area contributed by atoms with Crippen LogP contribution in [0.15, 0.2) is 78.4 Å². The van der Waals surface area contributed by atoms with Crippen molar-refractivity contribution in [2.24, 2.45) is 0 Å². The largest absolute Gasteiger partial charge is 0.507 e. The maximum absolute atomic E-state index is 13.2. The van der Waals surface area contributed by atoms with Gasteiger partial charge in [0.25, 0.3) is 11.7 Å². The highest BCUT2D eigenvalue weighted by atomic mass is 35.5. The zero-order chi connectivity index (χ0) is 22.1. The number of benzene rings is 3. The van der Waals surface area contributed by atoms with Gasteiger partial charge in [0.15, 0.2) is 0 Å². The number of halogens is 1. The van der Waals surface area contributed by atoms with Crippen LogP contribution in [-0.2, 0) is 9.59 Å². The summed E-state index contributed by atoms with van der Waals surface area (Å²) >= 11 is 6.14. The average molecular weight is 434 g/mol. The minimum absolute atomic E-state index is 0.0104. The standard InChI is InChI=1S/C25H20ClNO4/c1-15-8-6-7-11-18(15)22-21(23(28)19-14-16(26)12-13-20(19)31-2)24(29)25(30)27(22)17-9-4-3-5-10-17/h3-14,22,28H,1-2H3/b23-21+. The second kappa shape index (κ2) is 8.28. The number of para-hydroxylation sites is 1. The number of anilines is 1. The van der Waals surface area contributed by atoms with Gasteiger partial charge in [-0.3, -0.25) is 14.5 Å². The Morgan fingerprint density at radius 1 is 1.00 bits per heavy atom. The minimum atomic E-state index is -0.799. The molecule has 1 amide bonds. The number of ketones is 1. The summed E-state index contributed by atoms with van der Waals surface area (Å²) in [6, 6.07) is 20.4. The molecule has 156 valence electrons. The molecule has 1 aliphatic rings. The number of hydrogen-bond acceptors (Lipinski definition) is 4. The lowest BCUT2D eigenvalue weighted by Crippen LogP contribution is -2.29. The summed E-state index contributed by atoms with van der Waals surface area (Å²) in [4.78, 5) is 27.8. The van der Waals surface area contributed by atoms with Crippen molar-refractivity contribution in [2.75, 3.05) is 12.0 Å². The topological polar surface area (TPSA) is 66.8 Å². The highest BCUT2D eigenvalue weighted by Gasteiger charge is 2.47. The van der Waals surface area contributed by atoms with Crippen LogP contribution in [0, 0.1) is 6.92 Å². The highest BCUT2D eigenvalue weighted by molar-refractivity contribution is 6.51. The Labute approximate surface area is 185 Å². The van der Waals surface area contributed by atoms with Crippen LogP contribution in [0.4, 0.5) is 5.69 Å². The predicted octanol–water partition coefficient (Wildman–Crippen LogP) is 5.28. The molecule has 1 aliphatic heterocycles. The number of carbonyl (C=O) groups excluding carboxylic acids is 2. The van der Waals surface area contributed by atoms with E-state index in [4.69, 9.17) is 16.3 Å². The van der Waals surface area contributed by atoms with Gasteiger partial charge in [0.1, 0.15) is 11.5 Å². The Kier molecular flexibility index (Phi) is 5.53. The number of hydrogen-bond donors (Lipinski definition) is 1. The van der Waals surface area contributed by atoms with E-state index in [0.29, 0.717) is 16.5 Å². The summed E-state index contributed by atoms with van der Waals surface area (Å²) in [5, 5.41) is 11.6. The van der Waals surface area contributed by atoms with Crippen molar-refractivity contribution in [1.29, 1.82) is 0 Å². The third-order valence-electron chi connectivity index (χ3n) is 5.38. The molecule has 31 heavy (non-hydrogen) atoms. The molecule has 0 saturated carbocycles. The third kappa shape index (κ3) is 3.57. The molecule has 1 heterocycles. The van der Waals surface area contributed by atoms with E-state index in [9.17, 15) is 14.7 Å². The Balaban J connectivity index is 2.01. The number of Topliss-reactive ketones (excluding diaryl/α,β-unsaturated/α-hetero) is 1. The van der Waals surface area contributed by atoms with E-state index in [2.05, 4.69) is 0 Å². The van der Waals surface area contributed by atoms with Gasteiger partial charge in [0, 0.05) is 10.7 Å². The maximum atomic E-state index is 13.2. The van der Waals surface area contributed by atoms with Gasteiger partial charge in [0.2, 0.25) is 0 Å². The second-order valence-electron chi connectivity index (χ2n) is 7.21. The van der Waals surface area contributed by atoms with Gasteiger partial charge in [-0.2, -0.15) is 0 Å². The second-order valence-corrected chi connectivity index (χ2v) is 7.64. The lowest BCUT2D eigenvalue weighted by atomic mass is 9.92. The van der Waals surface area contributed by atoms with Crippen molar-refractivity contribution < 1.29 is 19.4 Å². The minimum Gasteiger partial charge on any atom is -0.507 e. The van der Waals surface area contributed by atoms with Gasteiger partial charge in [-0.05, 0) is 48.4 Å². The van der Waals surface area contributed by atoms with Crippen LogP contribution in [0.25, 0.3) is 5.76 Å². The molecular weight excluding hydrogens is 414 g/mol. The first kappa shape index (κ1) is 20.7. The lowest BCUT2D eigenvalue weighted by Gasteiger charge is -2.26. The summed E-state index contributed by atoms with van der Waals surface area (Å²) in [5.74, 6) is -1.46. The van der Waals surface area contributed by atoms with E-state index in [1.807, 2.05) is 37.3 Å². The zero-order valence-electron chi connectivity index (χ0n) is 17.0. The number of aliphatic hydroxyl groups excluding tert-OH is 1. The fraction of sp³-hybridized carbons (Fsp3) is 0.120. The number of amides is 1. The third-order valence-corrected chi connectivity index (χ3v) is 5.61. The lowest BCUT2D eigenvalue weighted by molar-refractivity contribution is -0.132. The molecule has 6 heteroatoms. The van der Waals surface area contributed by atoms with Crippen LogP contribution >= 0.6 is 11.6 Å². The van der Waals surface area contributed by atoms with Crippen LogP contribution in [0.5, 0.6) is 5.75 Å². The quantitative estimate of drug-likeness (QED) is 0.345. The fourth-order valence-electron chi connectivity index (χ4n) is 3.89. The molecule has 0 bridgehead atoms. The van der Waals surface area contributed by atoms with Crippen LogP contribution in [0.3, 0.4) is 0 Å². The molecule has 3 aromatic rings. The van der Waals surface area contributed by atoms with Crippen molar-refractivity contribution in [2.45, 2.75) is 13.0 Å². The van der Waals surface area contributed by atoms with Gasteiger partial charge >= 0.3 is 0 Å². The van der Waals surface area contributed by atoms with E-state index < -0.39 is 17.7 Å². The monoisotopic (exact) mass is 433 g/mol. The van der Waals surface area contributed by atoms with Crippen LogP contribution < -0.4 is 9.64 Å². The van der Waals surface area contributed by atoms with E-state index >= 15 is 0 Å². The SMILES string of the molecule is COc1ccc(Cl)cc1/C(O)=C1\C(=O)C(=O)N(c2ccccc2)C1c1ccccc1C. The smallest absolute Gasteiger partial charge is 0.300 e. The number of rotatable bonds is 4. The Bertz CT molecular complexity index is 1200. The number of ether oxygens (including phenoxy) is 1. The molecule has 1 N–H and O–H groups in total. The van der Waals surface area contributed by atoms with Crippen molar-refractivity contribution in [3.05, 3.63) is 100 Å². The Hall–Kier alpha value is -3.57.